The van der Waals surface area contributed by atoms with Gasteiger partial charge in [-0.2, -0.15) is 0 Å². The molecule has 2 N–H and O–H groups in total. The lowest BCUT2D eigenvalue weighted by Crippen LogP contribution is -2.39. The molecule has 1 saturated heterocycles. The fourth-order valence-electron chi connectivity index (χ4n) is 3.29. The van der Waals surface area contributed by atoms with Crippen LogP contribution in [0.5, 0.6) is 0 Å². The topological polar surface area (TPSA) is 49.6 Å². The molecule has 1 heterocycles. The van der Waals surface area contributed by atoms with Gasteiger partial charge < -0.3 is 10.6 Å². The first-order valence-corrected chi connectivity index (χ1v) is 9.60. The van der Waals surface area contributed by atoms with E-state index in [-0.39, 0.29) is 5.91 Å². The lowest BCUT2D eigenvalue weighted by molar-refractivity contribution is 0.0717. The Hall–Kier alpha value is -1.75. The van der Waals surface area contributed by atoms with Crippen molar-refractivity contribution < 1.29 is 4.79 Å². The van der Waals surface area contributed by atoms with Crippen LogP contribution in [0.3, 0.4) is 0 Å². The molecule has 0 radical (unpaired) electrons. The normalized spacial score (nSPS) is 16.2. The Morgan fingerprint density at radius 3 is 2.12 bits per heavy atom. The van der Waals surface area contributed by atoms with Crippen molar-refractivity contribution in [3.8, 4) is 0 Å². The number of nitrogens with two attached hydrogens (primary N) is 1. The smallest absolute Gasteiger partial charge is 0.253 e. The molecule has 0 unspecified atom stereocenters. The number of nitrogen functional groups attached to an aromatic ring is 1. The van der Waals surface area contributed by atoms with Crippen LogP contribution in [0.2, 0.25) is 10.0 Å². The fraction of sp³-hybridized carbons (Fsp3) is 0.350. The Kier molecular flexibility index (Phi) is 6.41. The van der Waals surface area contributed by atoms with Crippen LogP contribution in [0.25, 0.3) is 0 Å². The summed E-state index contributed by atoms with van der Waals surface area (Å²) in [5.74, 6) is -0.0368. The maximum atomic E-state index is 12.8. The monoisotopic (exact) mass is 391 g/mol. The summed E-state index contributed by atoms with van der Waals surface area (Å²) in [5, 5.41) is 0.642. The second-order valence-electron chi connectivity index (χ2n) is 6.61. The molecule has 3 rings (SSSR count). The fourth-order valence-corrected chi connectivity index (χ4v) is 3.77. The summed E-state index contributed by atoms with van der Waals surface area (Å²) < 4.78 is 0. The van der Waals surface area contributed by atoms with Crippen LogP contribution < -0.4 is 5.73 Å². The average molecular weight is 392 g/mol. The van der Waals surface area contributed by atoms with Crippen LogP contribution in [0, 0.1) is 0 Å². The zero-order valence-corrected chi connectivity index (χ0v) is 16.1. The third-order valence-electron chi connectivity index (χ3n) is 4.67. The molecule has 2 aromatic rings. The number of nitrogens with zero attached hydrogens (tertiary/aromatic N) is 2. The third-order valence-corrected chi connectivity index (χ3v) is 5.29. The van der Waals surface area contributed by atoms with Crippen LogP contribution in [-0.4, -0.2) is 41.9 Å². The number of hydrogen-bond acceptors (Lipinski definition) is 3. The summed E-state index contributed by atoms with van der Waals surface area (Å²) in [4.78, 5) is 17.1. The van der Waals surface area contributed by atoms with Crippen LogP contribution in [0.15, 0.2) is 42.5 Å². The van der Waals surface area contributed by atoms with Crippen molar-refractivity contribution in [2.24, 2.45) is 0 Å². The highest BCUT2D eigenvalue weighted by molar-refractivity contribution is 6.39. The van der Waals surface area contributed by atoms with Gasteiger partial charge in [-0.1, -0.05) is 53.5 Å². The predicted molar refractivity (Wildman–Crippen MR) is 108 cm³/mol. The molecule has 138 valence electrons. The highest BCUT2D eigenvalue weighted by Gasteiger charge is 2.20. The first-order valence-electron chi connectivity index (χ1n) is 8.84. The lowest BCUT2D eigenvalue weighted by atomic mass is 10.1. The van der Waals surface area contributed by atoms with Gasteiger partial charge in [0.15, 0.2) is 0 Å². The van der Waals surface area contributed by atoms with E-state index in [4.69, 9.17) is 28.9 Å². The van der Waals surface area contributed by atoms with Crippen molar-refractivity contribution in [1.82, 2.24) is 9.80 Å². The van der Waals surface area contributed by atoms with Crippen LogP contribution in [0.1, 0.15) is 28.8 Å². The lowest BCUT2D eigenvalue weighted by Gasteiger charge is -2.30. The van der Waals surface area contributed by atoms with E-state index in [1.807, 2.05) is 11.0 Å². The second-order valence-corrected chi connectivity index (χ2v) is 7.43. The Morgan fingerprint density at radius 2 is 1.54 bits per heavy atom. The molecule has 0 aromatic heterocycles. The molecule has 0 bridgehead atoms. The van der Waals surface area contributed by atoms with Gasteiger partial charge in [0.1, 0.15) is 0 Å². The van der Waals surface area contributed by atoms with Gasteiger partial charge >= 0.3 is 0 Å². The maximum absolute atomic E-state index is 12.8. The maximum Gasteiger partial charge on any atom is 0.253 e. The molecule has 4 nitrogen and oxygen atoms in total. The Bertz CT molecular complexity index is 734. The van der Waals surface area contributed by atoms with Crippen molar-refractivity contribution in [3.63, 3.8) is 0 Å². The molecule has 1 fully saturated rings. The minimum atomic E-state index is -0.0368. The van der Waals surface area contributed by atoms with Gasteiger partial charge in [-0.25, -0.2) is 0 Å². The van der Waals surface area contributed by atoms with E-state index >= 15 is 0 Å². The van der Waals surface area contributed by atoms with Crippen molar-refractivity contribution in [2.45, 2.75) is 19.4 Å². The highest BCUT2D eigenvalue weighted by Crippen LogP contribution is 2.29. The number of carbonyl (C=O) groups is 1. The van der Waals surface area contributed by atoms with Crippen molar-refractivity contribution in [1.29, 1.82) is 0 Å². The summed E-state index contributed by atoms with van der Waals surface area (Å²) in [6.07, 6.45) is 1.88. The Balaban J connectivity index is 1.60. The molecule has 0 atom stereocenters. The summed E-state index contributed by atoms with van der Waals surface area (Å²) >= 11 is 12.1. The minimum absolute atomic E-state index is 0.0368. The molecule has 26 heavy (non-hydrogen) atoms. The van der Waals surface area contributed by atoms with Gasteiger partial charge in [-0.15, -0.1) is 0 Å². The number of amides is 1. The van der Waals surface area contributed by atoms with Crippen molar-refractivity contribution >= 4 is 34.8 Å². The second kappa shape index (κ2) is 8.76. The van der Waals surface area contributed by atoms with Gasteiger partial charge in [0, 0.05) is 38.3 Å². The van der Waals surface area contributed by atoms with Gasteiger partial charge in [0.2, 0.25) is 0 Å². The molecule has 2 aromatic carbocycles. The predicted octanol–water partition coefficient (Wildman–Crippen LogP) is 4.31. The van der Waals surface area contributed by atoms with Crippen molar-refractivity contribution in [3.05, 3.63) is 63.6 Å². The van der Waals surface area contributed by atoms with Crippen LogP contribution in [0.4, 0.5) is 5.69 Å². The SMILES string of the molecule is Nc1c(Cl)cc(C(=O)N2CCCN(Cc3ccccc3)CCC2)cc1Cl. The number of benzene rings is 2. The van der Waals surface area contributed by atoms with E-state index in [0.717, 1.165) is 45.6 Å². The quantitative estimate of drug-likeness (QED) is 0.792. The number of halogens is 2. The summed E-state index contributed by atoms with van der Waals surface area (Å²) in [7, 11) is 0. The van der Waals surface area contributed by atoms with Crippen LogP contribution >= 0.6 is 23.2 Å². The molecule has 0 spiro atoms. The van der Waals surface area contributed by atoms with Crippen LogP contribution in [-0.2, 0) is 6.54 Å². The van der Waals surface area contributed by atoms with Crippen molar-refractivity contribution in [2.75, 3.05) is 31.9 Å². The Morgan fingerprint density at radius 1 is 0.962 bits per heavy atom. The van der Waals surface area contributed by atoms with Gasteiger partial charge in [0.25, 0.3) is 5.91 Å². The Labute approximate surface area is 164 Å². The first-order chi connectivity index (χ1) is 12.5. The molecule has 0 aliphatic carbocycles. The number of anilines is 1. The summed E-state index contributed by atoms with van der Waals surface area (Å²) in [5.41, 5.74) is 7.90. The number of carbonyl (C=O) groups excluding carboxylic acids is 1. The largest absolute Gasteiger partial charge is 0.396 e. The summed E-state index contributed by atoms with van der Waals surface area (Å²) in [6.45, 7) is 4.36. The third kappa shape index (κ3) is 4.70. The first kappa shape index (κ1) is 19.0. The molecular weight excluding hydrogens is 369 g/mol. The molecule has 1 aliphatic heterocycles. The van der Waals surface area contributed by atoms with E-state index in [1.54, 1.807) is 12.1 Å². The van der Waals surface area contributed by atoms with E-state index in [1.165, 1.54) is 5.56 Å². The zero-order chi connectivity index (χ0) is 18.5. The molecular formula is C20H23Cl2N3O. The highest BCUT2D eigenvalue weighted by atomic mass is 35.5. The number of rotatable bonds is 3. The van der Waals surface area contributed by atoms with Gasteiger partial charge in [0.05, 0.1) is 15.7 Å². The molecule has 1 amide bonds. The van der Waals surface area contributed by atoms with Gasteiger partial charge in [-0.05, 0) is 30.5 Å². The van der Waals surface area contributed by atoms with Gasteiger partial charge in [-0.3, -0.25) is 9.69 Å². The minimum Gasteiger partial charge on any atom is -0.396 e. The van der Waals surface area contributed by atoms with E-state index in [9.17, 15) is 4.79 Å². The van der Waals surface area contributed by atoms with E-state index in [0.29, 0.717) is 21.3 Å². The van der Waals surface area contributed by atoms with E-state index in [2.05, 4.69) is 29.2 Å². The molecule has 0 saturated carbocycles. The molecule has 1 aliphatic rings. The molecule has 6 heteroatoms. The standard InChI is InChI=1S/C20H23Cl2N3O/c21-17-12-16(13-18(22)19(17)23)20(26)25-10-4-8-24(9-5-11-25)14-15-6-2-1-3-7-15/h1-3,6-7,12-13H,4-5,8-11,14,23H2. The number of hydrogen-bond donors (Lipinski definition) is 1. The van der Waals surface area contributed by atoms with E-state index < -0.39 is 0 Å². The summed E-state index contributed by atoms with van der Waals surface area (Å²) in [6, 6.07) is 13.7. The average Bonchev–Trinajstić information content (AvgIpc) is 2.61. The zero-order valence-electron chi connectivity index (χ0n) is 14.6.